The molecule has 2 N–H and O–H groups in total. The van der Waals surface area contributed by atoms with E-state index in [1.54, 1.807) is 30.6 Å². The molecule has 0 unspecified atom stereocenters. The monoisotopic (exact) mass is 429 g/mol. The van der Waals surface area contributed by atoms with Gasteiger partial charge in [0.2, 0.25) is 5.88 Å². The lowest BCUT2D eigenvalue weighted by molar-refractivity contribution is 0.0975. The van der Waals surface area contributed by atoms with Crippen molar-refractivity contribution in [2.45, 2.75) is 26.2 Å². The number of unbranched alkanes of at least 4 members (excludes halogenated alkanes) is 2. The Balaban J connectivity index is 1.54. The molecule has 0 spiro atoms. The predicted octanol–water partition coefficient (Wildman–Crippen LogP) is 3.01. The third-order valence-electron chi connectivity index (χ3n) is 4.56. The number of anilines is 2. The number of nitrogens with one attached hydrogen (secondary N) is 2. The van der Waals surface area contributed by atoms with Crippen LogP contribution in [0, 0.1) is 0 Å². The van der Waals surface area contributed by atoms with Gasteiger partial charge in [0.15, 0.2) is 5.11 Å². The number of nitrogens with zero attached hydrogens (tertiary/aromatic N) is 3. The van der Waals surface area contributed by atoms with Crippen molar-refractivity contribution in [3.8, 4) is 5.88 Å². The molecule has 2 aromatic rings. The Kier molecular flexibility index (Phi) is 8.34. The van der Waals surface area contributed by atoms with E-state index in [9.17, 15) is 4.79 Å². The molecule has 2 aromatic heterocycles. The zero-order valence-electron chi connectivity index (χ0n) is 17.1. The third-order valence-corrected chi connectivity index (χ3v) is 4.77. The van der Waals surface area contributed by atoms with Gasteiger partial charge in [-0.3, -0.25) is 10.1 Å². The van der Waals surface area contributed by atoms with Crippen LogP contribution in [0.25, 0.3) is 0 Å². The zero-order valence-corrected chi connectivity index (χ0v) is 17.9. The Morgan fingerprint density at radius 2 is 2.07 bits per heavy atom. The minimum atomic E-state index is -0.314. The van der Waals surface area contributed by atoms with Gasteiger partial charge in [-0.1, -0.05) is 19.8 Å². The summed E-state index contributed by atoms with van der Waals surface area (Å²) in [5, 5.41) is 5.87. The Morgan fingerprint density at radius 3 is 2.80 bits per heavy atom. The molecule has 0 aromatic carbocycles. The molecule has 9 heteroatoms. The molecule has 160 valence electrons. The van der Waals surface area contributed by atoms with Crippen LogP contribution in [0.1, 0.15) is 36.5 Å². The van der Waals surface area contributed by atoms with Crippen molar-refractivity contribution in [3.63, 3.8) is 0 Å². The molecule has 0 saturated carbocycles. The van der Waals surface area contributed by atoms with Gasteiger partial charge >= 0.3 is 0 Å². The van der Waals surface area contributed by atoms with Crippen LogP contribution in [0.15, 0.2) is 36.7 Å². The van der Waals surface area contributed by atoms with Crippen LogP contribution < -0.4 is 20.3 Å². The number of pyridine rings is 2. The predicted molar refractivity (Wildman–Crippen MR) is 120 cm³/mol. The highest BCUT2D eigenvalue weighted by atomic mass is 32.1. The number of ether oxygens (including phenoxy) is 2. The Labute approximate surface area is 182 Å². The molecule has 8 nitrogen and oxygen atoms in total. The number of hydrogen-bond acceptors (Lipinski definition) is 7. The van der Waals surface area contributed by atoms with Gasteiger partial charge in [0, 0.05) is 25.4 Å². The topological polar surface area (TPSA) is 88.6 Å². The van der Waals surface area contributed by atoms with E-state index >= 15 is 0 Å². The SMILES string of the molecule is CCCCCOc1ccc(NC(=S)NC(=O)c2cccnc2N2CCOCC2)cn1. The van der Waals surface area contributed by atoms with E-state index in [1.807, 2.05) is 11.0 Å². The van der Waals surface area contributed by atoms with Gasteiger partial charge in [-0.05, 0) is 36.8 Å². The van der Waals surface area contributed by atoms with Crippen molar-refractivity contribution in [2.24, 2.45) is 0 Å². The summed E-state index contributed by atoms with van der Waals surface area (Å²) in [6.45, 7) is 5.42. The van der Waals surface area contributed by atoms with Crippen molar-refractivity contribution >= 4 is 34.7 Å². The van der Waals surface area contributed by atoms with E-state index < -0.39 is 0 Å². The first-order valence-electron chi connectivity index (χ1n) is 10.2. The normalized spacial score (nSPS) is 13.6. The fraction of sp³-hybridized carbons (Fsp3) is 0.429. The number of thiocarbonyl (C=S) groups is 1. The summed E-state index contributed by atoms with van der Waals surface area (Å²) in [4.78, 5) is 23.4. The Bertz CT molecular complexity index is 841. The van der Waals surface area contributed by atoms with Crippen molar-refractivity contribution < 1.29 is 14.3 Å². The van der Waals surface area contributed by atoms with E-state index in [-0.39, 0.29) is 11.0 Å². The van der Waals surface area contributed by atoms with Crippen LogP contribution in [0.4, 0.5) is 11.5 Å². The molecule has 1 amide bonds. The molecule has 1 aliphatic heterocycles. The standard InChI is InChI=1S/C21H27N5O3S/c1-2-3-4-12-29-18-8-7-16(15-23-18)24-21(30)25-20(27)17-6-5-9-22-19(17)26-10-13-28-14-11-26/h5-9,15H,2-4,10-14H2,1H3,(H2,24,25,27,30). The summed E-state index contributed by atoms with van der Waals surface area (Å²) >= 11 is 5.29. The summed E-state index contributed by atoms with van der Waals surface area (Å²) in [5.74, 6) is 0.885. The maximum atomic E-state index is 12.8. The fourth-order valence-electron chi connectivity index (χ4n) is 3.00. The molecule has 0 bridgehead atoms. The molecule has 3 heterocycles. The lowest BCUT2D eigenvalue weighted by Gasteiger charge is -2.29. The van der Waals surface area contributed by atoms with Crippen molar-refractivity contribution in [1.82, 2.24) is 15.3 Å². The zero-order chi connectivity index (χ0) is 21.2. The Morgan fingerprint density at radius 1 is 1.23 bits per heavy atom. The van der Waals surface area contributed by atoms with Gasteiger partial charge in [-0.2, -0.15) is 0 Å². The molecule has 30 heavy (non-hydrogen) atoms. The van der Waals surface area contributed by atoms with E-state index in [0.29, 0.717) is 55.9 Å². The number of carbonyl (C=O) groups excluding carboxylic acids is 1. The molecule has 0 radical (unpaired) electrons. The van der Waals surface area contributed by atoms with Crippen LogP contribution in [-0.2, 0) is 4.74 Å². The summed E-state index contributed by atoms with van der Waals surface area (Å²) in [6.07, 6.45) is 6.59. The van der Waals surface area contributed by atoms with E-state index in [1.165, 1.54) is 0 Å². The van der Waals surface area contributed by atoms with E-state index in [4.69, 9.17) is 21.7 Å². The van der Waals surface area contributed by atoms with Crippen molar-refractivity contribution in [2.75, 3.05) is 43.1 Å². The van der Waals surface area contributed by atoms with Gasteiger partial charge in [0.1, 0.15) is 5.82 Å². The van der Waals surface area contributed by atoms with Crippen molar-refractivity contribution in [1.29, 1.82) is 0 Å². The molecule has 3 rings (SSSR count). The largest absolute Gasteiger partial charge is 0.478 e. The van der Waals surface area contributed by atoms with E-state index in [0.717, 1.165) is 19.3 Å². The molecular weight excluding hydrogens is 402 g/mol. The van der Waals surface area contributed by atoms with Crippen LogP contribution in [0.5, 0.6) is 5.88 Å². The minimum absolute atomic E-state index is 0.190. The second-order valence-electron chi connectivity index (χ2n) is 6.82. The quantitative estimate of drug-likeness (QED) is 0.489. The Hall–Kier alpha value is -2.78. The number of amides is 1. The molecule has 1 fully saturated rings. The van der Waals surface area contributed by atoms with Crippen LogP contribution >= 0.6 is 12.2 Å². The summed E-state index contributed by atoms with van der Waals surface area (Å²) in [6, 6.07) is 7.06. The first-order valence-corrected chi connectivity index (χ1v) is 10.6. The molecule has 0 atom stereocenters. The highest BCUT2D eigenvalue weighted by Crippen LogP contribution is 2.18. The number of rotatable bonds is 8. The maximum absolute atomic E-state index is 12.8. The summed E-state index contributed by atoms with van der Waals surface area (Å²) < 4.78 is 11.0. The van der Waals surface area contributed by atoms with Gasteiger partial charge in [0.25, 0.3) is 5.91 Å². The fourth-order valence-corrected chi connectivity index (χ4v) is 3.21. The van der Waals surface area contributed by atoms with Crippen LogP contribution in [0.2, 0.25) is 0 Å². The minimum Gasteiger partial charge on any atom is -0.478 e. The van der Waals surface area contributed by atoms with Crippen LogP contribution in [-0.4, -0.2) is 53.9 Å². The number of morpholine rings is 1. The number of hydrogen-bond donors (Lipinski definition) is 2. The lowest BCUT2D eigenvalue weighted by atomic mass is 10.2. The molecule has 1 saturated heterocycles. The smallest absolute Gasteiger partial charge is 0.261 e. The second-order valence-corrected chi connectivity index (χ2v) is 7.23. The van der Waals surface area contributed by atoms with Gasteiger partial charge in [0.05, 0.1) is 37.3 Å². The van der Waals surface area contributed by atoms with Gasteiger partial charge in [-0.15, -0.1) is 0 Å². The maximum Gasteiger partial charge on any atom is 0.261 e. The van der Waals surface area contributed by atoms with Gasteiger partial charge in [-0.25, -0.2) is 9.97 Å². The second kappa shape index (κ2) is 11.4. The summed E-state index contributed by atoms with van der Waals surface area (Å²) in [5.41, 5.74) is 1.14. The first kappa shape index (κ1) is 21.9. The lowest BCUT2D eigenvalue weighted by Crippen LogP contribution is -2.39. The summed E-state index contributed by atoms with van der Waals surface area (Å²) in [7, 11) is 0. The third kappa shape index (κ3) is 6.36. The van der Waals surface area contributed by atoms with Crippen molar-refractivity contribution in [3.05, 3.63) is 42.2 Å². The van der Waals surface area contributed by atoms with Crippen LogP contribution in [0.3, 0.4) is 0 Å². The average molecular weight is 430 g/mol. The molecule has 1 aliphatic rings. The first-order chi connectivity index (χ1) is 14.7. The molecular formula is C21H27N5O3S. The molecule has 0 aliphatic carbocycles. The highest BCUT2D eigenvalue weighted by molar-refractivity contribution is 7.80. The number of carbonyl (C=O) groups is 1. The average Bonchev–Trinajstić information content (AvgIpc) is 2.78. The van der Waals surface area contributed by atoms with Gasteiger partial charge < -0.3 is 19.7 Å². The number of aromatic nitrogens is 2. The highest BCUT2D eigenvalue weighted by Gasteiger charge is 2.20. The van der Waals surface area contributed by atoms with E-state index in [2.05, 4.69) is 27.5 Å².